The lowest BCUT2D eigenvalue weighted by atomic mass is 10.0. The Bertz CT molecular complexity index is 1340. The second-order valence-electron chi connectivity index (χ2n) is 6.78. The number of aryl methyl sites for hydroxylation is 2. The monoisotopic (exact) mass is 414 g/mol. The fourth-order valence-corrected chi connectivity index (χ4v) is 4.17. The maximum atomic E-state index is 13.1. The number of fused-ring (bicyclic) bond motifs is 3. The number of pyridine rings is 1. The summed E-state index contributed by atoms with van der Waals surface area (Å²) in [6, 6.07) is 12.6. The first-order valence-electron chi connectivity index (χ1n) is 8.57. The van der Waals surface area contributed by atoms with E-state index >= 15 is 0 Å². The summed E-state index contributed by atoms with van der Waals surface area (Å²) in [6.45, 7) is 1.73. The Morgan fingerprint density at radius 2 is 1.79 bits per heavy atom. The van der Waals surface area contributed by atoms with Gasteiger partial charge in [-0.1, -0.05) is 40.9 Å². The van der Waals surface area contributed by atoms with Gasteiger partial charge in [-0.05, 0) is 37.3 Å². The van der Waals surface area contributed by atoms with E-state index in [-0.39, 0.29) is 12.1 Å². The largest absolute Gasteiger partial charge is 0.480 e. The van der Waals surface area contributed by atoms with Crippen LogP contribution in [0.1, 0.15) is 5.56 Å². The van der Waals surface area contributed by atoms with Crippen LogP contribution in [0.3, 0.4) is 0 Å². The smallest absolute Gasteiger partial charge is 0.323 e. The molecule has 0 spiro atoms. The summed E-state index contributed by atoms with van der Waals surface area (Å²) >= 11 is 12.3. The molecule has 2 aromatic heterocycles. The van der Waals surface area contributed by atoms with Gasteiger partial charge < -0.3 is 9.67 Å². The van der Waals surface area contributed by atoms with Gasteiger partial charge in [0.05, 0.1) is 10.5 Å². The molecule has 0 aliphatic carbocycles. The minimum atomic E-state index is -0.975. The lowest BCUT2D eigenvalue weighted by molar-refractivity contribution is -0.137. The van der Waals surface area contributed by atoms with Crippen LogP contribution in [0.2, 0.25) is 10.0 Å². The van der Waals surface area contributed by atoms with Gasteiger partial charge in [-0.2, -0.15) is 0 Å². The van der Waals surface area contributed by atoms with Crippen LogP contribution in [-0.4, -0.2) is 20.2 Å². The van der Waals surface area contributed by atoms with E-state index in [9.17, 15) is 14.7 Å². The van der Waals surface area contributed by atoms with Gasteiger partial charge in [0.2, 0.25) is 0 Å². The van der Waals surface area contributed by atoms with E-state index in [1.165, 1.54) is 4.57 Å². The molecule has 2 heterocycles. The van der Waals surface area contributed by atoms with Crippen LogP contribution in [0.25, 0.3) is 33.1 Å². The molecule has 0 amide bonds. The molecule has 0 atom stereocenters. The minimum Gasteiger partial charge on any atom is -0.480 e. The maximum Gasteiger partial charge on any atom is 0.323 e. The summed E-state index contributed by atoms with van der Waals surface area (Å²) in [5.74, 6) is -0.975. The van der Waals surface area contributed by atoms with E-state index in [1.807, 2.05) is 25.1 Å². The van der Waals surface area contributed by atoms with Crippen molar-refractivity contribution in [1.82, 2.24) is 9.13 Å². The predicted octanol–water partition coefficient (Wildman–Crippen LogP) is 4.86. The number of aromatic nitrogens is 2. The van der Waals surface area contributed by atoms with Crippen LogP contribution in [0.4, 0.5) is 0 Å². The number of carboxylic acid groups (broad SMARTS) is 1. The molecule has 5 nitrogen and oxygen atoms in total. The van der Waals surface area contributed by atoms with Crippen LogP contribution >= 0.6 is 23.2 Å². The van der Waals surface area contributed by atoms with Crippen molar-refractivity contribution < 1.29 is 9.90 Å². The lowest BCUT2D eigenvalue weighted by Gasteiger charge is -2.11. The topological polar surface area (TPSA) is 64.2 Å². The average Bonchev–Trinajstić information content (AvgIpc) is 2.91. The van der Waals surface area contributed by atoms with Gasteiger partial charge in [0, 0.05) is 34.0 Å². The highest BCUT2D eigenvalue weighted by Crippen LogP contribution is 2.34. The molecule has 28 heavy (non-hydrogen) atoms. The molecule has 0 aliphatic heterocycles. The summed E-state index contributed by atoms with van der Waals surface area (Å²) in [6.07, 6.45) is 0. The van der Waals surface area contributed by atoms with E-state index < -0.39 is 5.97 Å². The van der Waals surface area contributed by atoms with Crippen molar-refractivity contribution in [1.29, 1.82) is 0 Å². The first-order valence-corrected chi connectivity index (χ1v) is 9.33. The molecule has 4 aromatic rings. The van der Waals surface area contributed by atoms with Gasteiger partial charge in [-0.15, -0.1) is 0 Å². The van der Waals surface area contributed by atoms with Crippen molar-refractivity contribution in [3.63, 3.8) is 0 Å². The van der Waals surface area contributed by atoms with E-state index in [4.69, 9.17) is 23.2 Å². The van der Waals surface area contributed by atoms with Crippen molar-refractivity contribution in [3.8, 4) is 11.1 Å². The first-order chi connectivity index (χ1) is 13.3. The van der Waals surface area contributed by atoms with Crippen molar-refractivity contribution in [3.05, 3.63) is 68.4 Å². The van der Waals surface area contributed by atoms with E-state index in [2.05, 4.69) is 0 Å². The van der Waals surface area contributed by atoms with Crippen LogP contribution in [0, 0.1) is 6.92 Å². The zero-order valence-corrected chi connectivity index (χ0v) is 16.7. The van der Waals surface area contributed by atoms with Crippen LogP contribution < -0.4 is 5.56 Å². The molecule has 0 saturated heterocycles. The first kappa shape index (κ1) is 18.6. The van der Waals surface area contributed by atoms with E-state index in [0.29, 0.717) is 26.8 Å². The Morgan fingerprint density at radius 1 is 1.04 bits per heavy atom. The highest BCUT2D eigenvalue weighted by atomic mass is 35.5. The maximum absolute atomic E-state index is 13.1. The molecule has 0 saturated carbocycles. The minimum absolute atomic E-state index is 0.239. The molecular weight excluding hydrogens is 399 g/mol. The van der Waals surface area contributed by atoms with Gasteiger partial charge in [0.1, 0.15) is 12.2 Å². The molecule has 142 valence electrons. The Hall–Kier alpha value is -2.76. The van der Waals surface area contributed by atoms with Crippen molar-refractivity contribution >= 4 is 51.1 Å². The summed E-state index contributed by atoms with van der Waals surface area (Å²) < 4.78 is 3.13. The van der Waals surface area contributed by atoms with E-state index in [0.717, 1.165) is 21.9 Å². The molecule has 0 bridgehead atoms. The summed E-state index contributed by atoms with van der Waals surface area (Å²) in [4.78, 5) is 24.6. The number of hydrogen-bond acceptors (Lipinski definition) is 2. The molecule has 0 fully saturated rings. The summed E-state index contributed by atoms with van der Waals surface area (Å²) in [5.41, 5.74) is 3.12. The molecule has 0 unspecified atom stereocenters. The third-order valence-electron chi connectivity index (χ3n) is 4.89. The SMILES string of the molecule is Cc1ccc2c(c1)c1cc(-c3ccc(Cl)cc3Cl)c(=O)n(C)c1n2CC(=O)O. The standard InChI is InChI=1S/C21H16Cl2N2O3/c1-11-3-6-18-14(7-11)15-9-16(13-5-4-12(22)8-17(13)23)21(28)24(2)20(15)25(18)10-19(26)27/h3-9H,10H2,1-2H3,(H,26,27). The second kappa shape index (κ2) is 6.69. The fraction of sp³-hybridized carbons (Fsp3) is 0.143. The molecule has 4 rings (SSSR count). The third-order valence-corrected chi connectivity index (χ3v) is 5.43. The molecule has 7 heteroatoms. The number of hydrogen-bond donors (Lipinski definition) is 1. The Labute approximate surface area is 170 Å². The number of halogens is 2. The second-order valence-corrected chi connectivity index (χ2v) is 7.63. The van der Waals surface area contributed by atoms with Crippen molar-refractivity contribution in [2.45, 2.75) is 13.5 Å². The van der Waals surface area contributed by atoms with Gasteiger partial charge in [-0.3, -0.25) is 14.2 Å². The van der Waals surface area contributed by atoms with Crippen molar-refractivity contribution in [2.24, 2.45) is 7.05 Å². The summed E-state index contributed by atoms with van der Waals surface area (Å²) in [7, 11) is 1.64. The average molecular weight is 415 g/mol. The van der Waals surface area contributed by atoms with Crippen LogP contribution in [0.5, 0.6) is 0 Å². The van der Waals surface area contributed by atoms with Crippen molar-refractivity contribution in [2.75, 3.05) is 0 Å². The Balaban J connectivity index is 2.16. The van der Waals surface area contributed by atoms with Gasteiger partial charge in [-0.25, -0.2) is 0 Å². The normalized spacial score (nSPS) is 11.4. The van der Waals surface area contributed by atoms with Gasteiger partial charge in [0.25, 0.3) is 5.56 Å². The van der Waals surface area contributed by atoms with Gasteiger partial charge in [0.15, 0.2) is 0 Å². The van der Waals surface area contributed by atoms with Crippen LogP contribution in [0.15, 0.2) is 47.3 Å². The molecule has 1 N–H and O–H groups in total. The zero-order chi connectivity index (χ0) is 20.2. The summed E-state index contributed by atoms with van der Waals surface area (Å²) in [5, 5.41) is 11.9. The Morgan fingerprint density at radius 3 is 2.46 bits per heavy atom. The highest BCUT2D eigenvalue weighted by Gasteiger charge is 2.19. The Kier molecular flexibility index (Phi) is 4.44. The van der Waals surface area contributed by atoms with Crippen LogP contribution in [-0.2, 0) is 18.4 Å². The lowest BCUT2D eigenvalue weighted by Crippen LogP contribution is -2.21. The van der Waals surface area contributed by atoms with E-state index in [1.54, 1.807) is 35.9 Å². The zero-order valence-electron chi connectivity index (χ0n) is 15.2. The van der Waals surface area contributed by atoms with Gasteiger partial charge >= 0.3 is 5.97 Å². The molecular formula is C21H16Cl2N2O3. The number of benzene rings is 2. The fourth-order valence-electron chi connectivity index (χ4n) is 3.66. The molecule has 0 radical (unpaired) electrons. The molecule has 2 aromatic carbocycles. The third kappa shape index (κ3) is 2.87. The predicted molar refractivity (Wildman–Crippen MR) is 113 cm³/mol. The number of aliphatic carboxylic acids is 1. The highest BCUT2D eigenvalue weighted by molar-refractivity contribution is 6.36. The number of carboxylic acids is 1. The number of nitrogens with zero attached hydrogens (tertiary/aromatic N) is 2. The quantitative estimate of drug-likeness (QED) is 0.520. The molecule has 0 aliphatic rings. The number of carbonyl (C=O) groups is 1. The number of rotatable bonds is 3.